The molecule has 2 bridgehead atoms. The normalized spacial score (nSPS) is 36.1. The third kappa shape index (κ3) is 3.34. The topological polar surface area (TPSA) is 58.6 Å². The van der Waals surface area contributed by atoms with E-state index in [1.165, 1.54) is 12.8 Å². The summed E-state index contributed by atoms with van der Waals surface area (Å²) in [6, 6.07) is 0.264. The van der Waals surface area contributed by atoms with Crippen molar-refractivity contribution in [2.45, 2.75) is 85.3 Å². The Kier molecular flexibility index (Phi) is 4.81. The number of fused-ring (bicyclic) bond motifs is 2. The molecule has 5 heteroatoms. The molecule has 0 spiro atoms. The molecule has 3 rings (SSSR count). The van der Waals surface area contributed by atoms with Gasteiger partial charge < -0.3 is 15.0 Å². The van der Waals surface area contributed by atoms with E-state index >= 15 is 0 Å². The van der Waals surface area contributed by atoms with Gasteiger partial charge in [0.2, 0.25) is 5.91 Å². The number of carbonyl (C=O) groups is 2. The van der Waals surface area contributed by atoms with Crippen molar-refractivity contribution < 1.29 is 14.3 Å². The van der Waals surface area contributed by atoms with Gasteiger partial charge in [-0.2, -0.15) is 0 Å². The van der Waals surface area contributed by atoms with Crippen LogP contribution >= 0.6 is 0 Å². The van der Waals surface area contributed by atoms with Crippen LogP contribution in [0.25, 0.3) is 0 Å². The maximum absolute atomic E-state index is 12.9. The summed E-state index contributed by atoms with van der Waals surface area (Å²) in [5, 5.41) is 3.37. The molecule has 148 valence electrons. The molecule has 2 aliphatic carbocycles. The molecule has 0 aromatic heterocycles. The van der Waals surface area contributed by atoms with E-state index in [9.17, 15) is 9.59 Å². The zero-order chi connectivity index (χ0) is 19.3. The summed E-state index contributed by atoms with van der Waals surface area (Å²) in [6.07, 6.45) is 4.98. The number of amides is 2. The van der Waals surface area contributed by atoms with Crippen LogP contribution < -0.4 is 5.32 Å². The van der Waals surface area contributed by atoms with Crippen LogP contribution in [0.2, 0.25) is 0 Å². The minimum atomic E-state index is -0.504. The monoisotopic (exact) mass is 364 g/mol. The van der Waals surface area contributed by atoms with Crippen molar-refractivity contribution in [3.63, 3.8) is 0 Å². The Morgan fingerprint density at radius 3 is 2.38 bits per heavy atom. The first-order valence-electron chi connectivity index (χ1n) is 10.2. The molecule has 4 atom stereocenters. The molecule has 1 heterocycles. The predicted octanol–water partition coefficient (Wildman–Crippen LogP) is 3.96. The van der Waals surface area contributed by atoms with E-state index < -0.39 is 5.60 Å². The molecular weight excluding hydrogens is 328 g/mol. The number of rotatable bonds is 2. The van der Waals surface area contributed by atoms with E-state index in [1.54, 1.807) is 4.90 Å². The Morgan fingerprint density at radius 2 is 1.85 bits per heavy atom. The Bertz CT molecular complexity index is 580. The number of nitrogens with one attached hydrogen (secondary N) is 1. The summed E-state index contributed by atoms with van der Waals surface area (Å²) in [5.74, 6) is 0.706. The average Bonchev–Trinajstić information content (AvgIpc) is 2.87. The molecule has 1 aliphatic heterocycles. The Labute approximate surface area is 158 Å². The molecule has 0 radical (unpaired) electrons. The lowest BCUT2D eigenvalue weighted by molar-refractivity contribution is -0.128. The number of ether oxygens (including phenoxy) is 1. The number of piperidine rings is 1. The van der Waals surface area contributed by atoms with Crippen LogP contribution in [0.3, 0.4) is 0 Å². The zero-order valence-electron chi connectivity index (χ0n) is 17.4. The first-order chi connectivity index (χ1) is 11.9. The molecule has 0 aromatic rings. The van der Waals surface area contributed by atoms with E-state index in [4.69, 9.17) is 4.74 Å². The zero-order valence-corrected chi connectivity index (χ0v) is 17.4. The van der Waals surface area contributed by atoms with Gasteiger partial charge in [0.1, 0.15) is 5.60 Å². The van der Waals surface area contributed by atoms with Crippen molar-refractivity contribution in [2.24, 2.45) is 22.7 Å². The van der Waals surface area contributed by atoms with E-state index in [2.05, 4.69) is 26.1 Å². The molecule has 3 fully saturated rings. The minimum Gasteiger partial charge on any atom is -0.444 e. The molecule has 0 aromatic carbocycles. The predicted molar refractivity (Wildman–Crippen MR) is 102 cm³/mol. The maximum Gasteiger partial charge on any atom is 0.410 e. The number of likely N-dealkylation sites (tertiary alicyclic amines) is 1. The summed E-state index contributed by atoms with van der Waals surface area (Å²) in [7, 11) is 0. The van der Waals surface area contributed by atoms with Gasteiger partial charge >= 0.3 is 6.09 Å². The maximum atomic E-state index is 12.9. The van der Waals surface area contributed by atoms with Crippen molar-refractivity contribution in [1.82, 2.24) is 10.2 Å². The van der Waals surface area contributed by atoms with Crippen LogP contribution in [-0.4, -0.2) is 41.6 Å². The van der Waals surface area contributed by atoms with Gasteiger partial charge in [0.25, 0.3) is 0 Å². The van der Waals surface area contributed by atoms with Gasteiger partial charge in [-0.3, -0.25) is 4.79 Å². The summed E-state index contributed by atoms with van der Waals surface area (Å²) >= 11 is 0. The van der Waals surface area contributed by atoms with Gasteiger partial charge in [-0.1, -0.05) is 20.8 Å². The molecule has 5 nitrogen and oxygen atoms in total. The van der Waals surface area contributed by atoms with E-state index in [0.29, 0.717) is 24.4 Å². The van der Waals surface area contributed by atoms with Gasteiger partial charge in [-0.05, 0) is 69.6 Å². The fourth-order valence-electron chi connectivity index (χ4n) is 5.40. The van der Waals surface area contributed by atoms with Crippen LogP contribution in [0.5, 0.6) is 0 Å². The van der Waals surface area contributed by atoms with E-state index in [0.717, 1.165) is 19.3 Å². The van der Waals surface area contributed by atoms with Gasteiger partial charge in [-0.15, -0.1) is 0 Å². The summed E-state index contributed by atoms with van der Waals surface area (Å²) in [5.41, 5.74) is -0.0253. The number of hydrogen-bond acceptors (Lipinski definition) is 3. The van der Waals surface area contributed by atoms with Crippen LogP contribution in [0, 0.1) is 22.7 Å². The molecule has 2 amide bonds. The van der Waals surface area contributed by atoms with Crippen molar-refractivity contribution in [3.05, 3.63) is 0 Å². The third-order valence-corrected chi connectivity index (χ3v) is 7.55. The van der Waals surface area contributed by atoms with Crippen LogP contribution in [0.15, 0.2) is 0 Å². The first-order valence-corrected chi connectivity index (χ1v) is 10.2. The second-order valence-corrected chi connectivity index (χ2v) is 10.4. The number of hydrogen-bond donors (Lipinski definition) is 1. The first kappa shape index (κ1) is 19.5. The number of carbonyl (C=O) groups excluding carboxylic acids is 2. The summed E-state index contributed by atoms with van der Waals surface area (Å²) < 4.78 is 5.48. The van der Waals surface area contributed by atoms with E-state index in [1.807, 2.05) is 20.8 Å². The molecular formula is C21H36N2O3. The minimum absolute atomic E-state index is 0.118. The van der Waals surface area contributed by atoms with Crippen LogP contribution in [0.4, 0.5) is 4.79 Å². The van der Waals surface area contributed by atoms with Crippen molar-refractivity contribution >= 4 is 12.0 Å². The quantitative estimate of drug-likeness (QED) is 0.807. The Hall–Kier alpha value is -1.26. The lowest BCUT2D eigenvalue weighted by atomic mass is 9.69. The van der Waals surface area contributed by atoms with Gasteiger partial charge in [0.15, 0.2) is 0 Å². The highest BCUT2D eigenvalue weighted by molar-refractivity contribution is 5.80. The lowest BCUT2D eigenvalue weighted by Crippen LogP contribution is -2.52. The van der Waals surface area contributed by atoms with Crippen LogP contribution in [0.1, 0.15) is 73.6 Å². The fraction of sp³-hybridized carbons (Fsp3) is 0.905. The highest BCUT2D eigenvalue weighted by Crippen LogP contribution is 2.65. The molecule has 1 saturated heterocycles. The molecule has 1 N–H and O–H groups in total. The highest BCUT2D eigenvalue weighted by Gasteiger charge is 2.61. The second-order valence-electron chi connectivity index (χ2n) is 10.4. The van der Waals surface area contributed by atoms with Crippen molar-refractivity contribution in [3.8, 4) is 0 Å². The fourth-order valence-corrected chi connectivity index (χ4v) is 5.40. The van der Waals surface area contributed by atoms with Gasteiger partial charge in [0, 0.05) is 19.1 Å². The Morgan fingerprint density at radius 1 is 1.15 bits per heavy atom. The average molecular weight is 365 g/mol. The molecule has 2 unspecified atom stereocenters. The molecule has 3 aliphatic rings. The number of nitrogens with zero attached hydrogens (tertiary/aromatic N) is 1. The Balaban J connectivity index is 1.60. The largest absolute Gasteiger partial charge is 0.444 e. The molecule has 26 heavy (non-hydrogen) atoms. The van der Waals surface area contributed by atoms with Crippen LogP contribution in [-0.2, 0) is 9.53 Å². The summed E-state index contributed by atoms with van der Waals surface area (Å²) in [6.45, 7) is 13.8. The van der Waals surface area contributed by atoms with Gasteiger partial charge in [-0.25, -0.2) is 4.79 Å². The summed E-state index contributed by atoms with van der Waals surface area (Å²) in [4.78, 5) is 27.0. The third-order valence-electron chi connectivity index (χ3n) is 7.55. The second kappa shape index (κ2) is 6.42. The smallest absolute Gasteiger partial charge is 0.410 e. The lowest BCUT2D eigenvalue weighted by Gasteiger charge is -2.40. The van der Waals surface area contributed by atoms with E-state index in [-0.39, 0.29) is 29.4 Å². The SMILES string of the molecule is CC(C)(C)OC(=O)N1CCCC(C(=O)N[C@@H]2CC3CC[C@@]2(C)C3(C)C)C1. The molecule has 2 saturated carbocycles. The van der Waals surface area contributed by atoms with Crippen molar-refractivity contribution in [1.29, 1.82) is 0 Å². The van der Waals surface area contributed by atoms with Gasteiger partial charge in [0.05, 0.1) is 5.92 Å². The van der Waals surface area contributed by atoms with Crippen molar-refractivity contribution in [2.75, 3.05) is 13.1 Å². The standard InChI is InChI=1S/C21H36N2O3/c1-19(2,3)26-18(25)23-11-7-8-14(13-23)17(24)22-16-12-15-9-10-21(16,6)20(15,4)5/h14-16H,7-13H2,1-6H3,(H,22,24)/t14?,15?,16-,21-/m1/s1. The highest BCUT2D eigenvalue weighted by atomic mass is 16.6.